The van der Waals surface area contributed by atoms with Crippen LogP contribution in [0.3, 0.4) is 0 Å². The van der Waals surface area contributed by atoms with Gasteiger partial charge in [-0.15, -0.1) is 0 Å². The number of unbranched alkanes of at least 4 members (excludes halogenated alkanes) is 2. The SMILES string of the molecule is C[C@H](O)c1cc(F)ccc1N(C)CCCCCO. The van der Waals surface area contributed by atoms with E-state index in [1.807, 2.05) is 11.9 Å². The largest absolute Gasteiger partial charge is 0.396 e. The lowest BCUT2D eigenvalue weighted by atomic mass is 10.1. The van der Waals surface area contributed by atoms with E-state index in [4.69, 9.17) is 5.11 Å². The highest BCUT2D eigenvalue weighted by atomic mass is 19.1. The van der Waals surface area contributed by atoms with E-state index in [-0.39, 0.29) is 12.4 Å². The fourth-order valence-corrected chi connectivity index (χ4v) is 1.97. The molecule has 0 saturated heterocycles. The molecule has 4 heteroatoms. The predicted molar refractivity (Wildman–Crippen MR) is 71.2 cm³/mol. The molecule has 0 saturated carbocycles. The highest BCUT2D eigenvalue weighted by Crippen LogP contribution is 2.26. The molecule has 1 rings (SSSR count). The van der Waals surface area contributed by atoms with Gasteiger partial charge in [0.1, 0.15) is 5.82 Å². The Morgan fingerprint density at radius 1 is 1.28 bits per heavy atom. The molecule has 3 nitrogen and oxygen atoms in total. The van der Waals surface area contributed by atoms with Crippen molar-refractivity contribution in [3.63, 3.8) is 0 Å². The van der Waals surface area contributed by atoms with Crippen LogP contribution in [-0.2, 0) is 0 Å². The van der Waals surface area contributed by atoms with Crippen molar-refractivity contribution < 1.29 is 14.6 Å². The average molecular weight is 255 g/mol. The Balaban J connectivity index is 2.69. The number of hydrogen-bond donors (Lipinski definition) is 2. The number of halogens is 1. The first kappa shape index (κ1) is 14.9. The lowest BCUT2D eigenvalue weighted by Crippen LogP contribution is -2.20. The lowest BCUT2D eigenvalue weighted by Gasteiger charge is -2.23. The van der Waals surface area contributed by atoms with Gasteiger partial charge in [0.05, 0.1) is 6.10 Å². The van der Waals surface area contributed by atoms with Crippen LogP contribution in [0.1, 0.15) is 37.9 Å². The average Bonchev–Trinajstić information content (AvgIpc) is 2.34. The maximum atomic E-state index is 13.2. The van der Waals surface area contributed by atoms with Crippen molar-refractivity contribution in [3.05, 3.63) is 29.6 Å². The van der Waals surface area contributed by atoms with Crippen LogP contribution >= 0.6 is 0 Å². The van der Waals surface area contributed by atoms with Crippen molar-refractivity contribution in [2.75, 3.05) is 25.1 Å². The summed E-state index contributed by atoms with van der Waals surface area (Å²) in [4.78, 5) is 2.01. The molecule has 0 aromatic heterocycles. The second-order valence-corrected chi connectivity index (χ2v) is 4.58. The van der Waals surface area contributed by atoms with E-state index in [1.54, 1.807) is 13.0 Å². The Morgan fingerprint density at radius 3 is 2.61 bits per heavy atom. The van der Waals surface area contributed by atoms with Gasteiger partial charge in [0, 0.05) is 31.5 Å². The minimum Gasteiger partial charge on any atom is -0.396 e. The molecular weight excluding hydrogens is 233 g/mol. The summed E-state index contributed by atoms with van der Waals surface area (Å²) in [5.41, 5.74) is 1.47. The fourth-order valence-electron chi connectivity index (χ4n) is 1.97. The summed E-state index contributed by atoms with van der Waals surface area (Å²) in [6, 6.07) is 4.49. The number of benzene rings is 1. The maximum absolute atomic E-state index is 13.2. The van der Waals surface area contributed by atoms with Gasteiger partial charge in [-0.05, 0) is 44.4 Å². The molecule has 0 bridgehead atoms. The Kier molecular flexibility index (Phi) is 6.09. The van der Waals surface area contributed by atoms with Crippen LogP contribution in [0.2, 0.25) is 0 Å². The van der Waals surface area contributed by atoms with E-state index in [9.17, 15) is 9.50 Å². The molecule has 0 aliphatic heterocycles. The minimum atomic E-state index is -0.685. The van der Waals surface area contributed by atoms with Crippen molar-refractivity contribution in [1.82, 2.24) is 0 Å². The molecule has 18 heavy (non-hydrogen) atoms. The molecule has 0 radical (unpaired) electrons. The van der Waals surface area contributed by atoms with E-state index < -0.39 is 6.10 Å². The second-order valence-electron chi connectivity index (χ2n) is 4.58. The molecule has 102 valence electrons. The highest BCUT2D eigenvalue weighted by Gasteiger charge is 2.12. The summed E-state index contributed by atoms with van der Waals surface area (Å²) in [7, 11) is 1.93. The fraction of sp³-hybridized carbons (Fsp3) is 0.571. The van der Waals surface area contributed by atoms with E-state index >= 15 is 0 Å². The third-order valence-electron chi connectivity index (χ3n) is 3.00. The third kappa shape index (κ3) is 4.27. The summed E-state index contributed by atoms with van der Waals surface area (Å²) in [6.45, 7) is 2.68. The summed E-state index contributed by atoms with van der Waals surface area (Å²) >= 11 is 0. The van der Waals surface area contributed by atoms with E-state index in [2.05, 4.69) is 0 Å². The molecule has 0 aliphatic rings. The Bertz CT molecular complexity index is 369. The molecule has 0 heterocycles. The van der Waals surface area contributed by atoms with Gasteiger partial charge in [0.2, 0.25) is 0 Å². The standard InChI is InChI=1S/C14H22FNO2/c1-11(18)13-10-12(15)6-7-14(13)16(2)8-4-3-5-9-17/h6-7,10-11,17-18H,3-5,8-9H2,1-2H3/t11-/m0/s1. The predicted octanol–water partition coefficient (Wildman–Crippen LogP) is 2.48. The van der Waals surface area contributed by atoms with Gasteiger partial charge < -0.3 is 15.1 Å². The number of aliphatic hydroxyl groups is 2. The van der Waals surface area contributed by atoms with E-state index in [1.165, 1.54) is 12.1 Å². The molecule has 0 unspecified atom stereocenters. The minimum absolute atomic E-state index is 0.221. The number of anilines is 1. The van der Waals surface area contributed by atoms with Gasteiger partial charge in [-0.2, -0.15) is 0 Å². The first-order chi connectivity index (χ1) is 8.56. The monoisotopic (exact) mass is 255 g/mol. The van der Waals surface area contributed by atoms with Gasteiger partial charge in [-0.1, -0.05) is 0 Å². The zero-order chi connectivity index (χ0) is 13.5. The topological polar surface area (TPSA) is 43.7 Å². The molecule has 2 N–H and O–H groups in total. The lowest BCUT2D eigenvalue weighted by molar-refractivity contribution is 0.199. The molecule has 0 fully saturated rings. The first-order valence-electron chi connectivity index (χ1n) is 6.35. The van der Waals surface area contributed by atoms with Crippen LogP contribution in [0.5, 0.6) is 0 Å². The molecule has 1 aromatic rings. The van der Waals surface area contributed by atoms with Crippen molar-refractivity contribution in [2.24, 2.45) is 0 Å². The van der Waals surface area contributed by atoms with Gasteiger partial charge in [0.15, 0.2) is 0 Å². The smallest absolute Gasteiger partial charge is 0.123 e. The molecule has 1 aromatic carbocycles. The molecule has 1 atom stereocenters. The van der Waals surface area contributed by atoms with Crippen LogP contribution < -0.4 is 4.90 Å². The van der Waals surface area contributed by atoms with Crippen molar-refractivity contribution in [1.29, 1.82) is 0 Å². The van der Waals surface area contributed by atoms with Crippen LogP contribution in [0, 0.1) is 5.82 Å². The van der Waals surface area contributed by atoms with Crippen molar-refractivity contribution >= 4 is 5.69 Å². The highest BCUT2D eigenvalue weighted by molar-refractivity contribution is 5.54. The first-order valence-corrected chi connectivity index (χ1v) is 6.35. The quantitative estimate of drug-likeness (QED) is 0.736. The van der Waals surface area contributed by atoms with Gasteiger partial charge in [0.25, 0.3) is 0 Å². The van der Waals surface area contributed by atoms with Gasteiger partial charge in [-0.3, -0.25) is 0 Å². The zero-order valence-corrected chi connectivity index (χ0v) is 11.1. The van der Waals surface area contributed by atoms with E-state index in [0.717, 1.165) is 31.5 Å². The molecule has 0 aliphatic carbocycles. The summed E-state index contributed by atoms with van der Waals surface area (Å²) in [5, 5.41) is 18.4. The zero-order valence-electron chi connectivity index (χ0n) is 11.1. The second kappa shape index (κ2) is 7.34. The molecular formula is C14H22FNO2. The summed E-state index contributed by atoms with van der Waals surface area (Å²) in [5.74, 6) is -0.330. The number of aliphatic hydroxyl groups excluding tert-OH is 2. The van der Waals surface area contributed by atoms with E-state index in [0.29, 0.717) is 5.56 Å². The van der Waals surface area contributed by atoms with Gasteiger partial charge >= 0.3 is 0 Å². The number of hydrogen-bond acceptors (Lipinski definition) is 3. The summed E-state index contributed by atoms with van der Waals surface area (Å²) < 4.78 is 13.2. The molecule has 0 spiro atoms. The molecule has 0 amide bonds. The van der Waals surface area contributed by atoms with Crippen molar-refractivity contribution in [3.8, 4) is 0 Å². The summed E-state index contributed by atoms with van der Waals surface area (Å²) in [6.07, 6.45) is 2.05. The number of nitrogens with zero attached hydrogens (tertiary/aromatic N) is 1. The number of rotatable bonds is 7. The van der Waals surface area contributed by atoms with Crippen LogP contribution in [0.25, 0.3) is 0 Å². The Labute approximate surface area is 108 Å². The van der Waals surface area contributed by atoms with Crippen LogP contribution in [-0.4, -0.2) is 30.4 Å². The van der Waals surface area contributed by atoms with Crippen LogP contribution in [0.4, 0.5) is 10.1 Å². The van der Waals surface area contributed by atoms with Crippen LogP contribution in [0.15, 0.2) is 18.2 Å². The Morgan fingerprint density at radius 2 is 2.00 bits per heavy atom. The normalized spacial score (nSPS) is 12.5. The third-order valence-corrected chi connectivity index (χ3v) is 3.00. The van der Waals surface area contributed by atoms with Gasteiger partial charge in [-0.25, -0.2) is 4.39 Å². The van der Waals surface area contributed by atoms with Crippen molar-refractivity contribution in [2.45, 2.75) is 32.3 Å². The maximum Gasteiger partial charge on any atom is 0.123 e. The Hall–Kier alpha value is -1.13.